The molecule has 0 saturated heterocycles. The first-order valence-corrected chi connectivity index (χ1v) is 9.28. The molecule has 9 heteroatoms. The van der Waals surface area contributed by atoms with Gasteiger partial charge in [-0.2, -0.15) is 5.26 Å². The number of carbonyl (C=O) groups excluding carboxylic acids is 1. The summed E-state index contributed by atoms with van der Waals surface area (Å²) in [6.07, 6.45) is 5.90. The second-order valence-electron chi connectivity index (χ2n) is 5.87. The minimum absolute atomic E-state index is 0.0347. The van der Waals surface area contributed by atoms with E-state index < -0.39 is 27.8 Å². The summed E-state index contributed by atoms with van der Waals surface area (Å²) in [4.78, 5) is 12.7. The van der Waals surface area contributed by atoms with Crippen molar-refractivity contribution in [3.05, 3.63) is 65.8 Å². The first kappa shape index (κ1) is 18.6. The fourth-order valence-electron chi connectivity index (χ4n) is 2.76. The van der Waals surface area contributed by atoms with Gasteiger partial charge in [-0.25, -0.2) is 17.5 Å². The number of aromatic nitrogens is 1. The van der Waals surface area contributed by atoms with Gasteiger partial charge in [-0.05, 0) is 18.2 Å². The van der Waals surface area contributed by atoms with Crippen molar-refractivity contribution in [3.8, 4) is 6.07 Å². The van der Waals surface area contributed by atoms with Crippen molar-refractivity contribution in [2.45, 2.75) is 10.9 Å². The molecule has 1 aliphatic rings. The van der Waals surface area contributed by atoms with Crippen LogP contribution in [0.4, 0.5) is 10.1 Å². The van der Waals surface area contributed by atoms with Crippen LogP contribution in [-0.2, 0) is 17.1 Å². The standard InChI is InChI=1S/C18H15FN4O3S/c1-3-12-4-6-14-16(27(25,26)22-12)10-23(2)17(14)18(24)21-13-5-7-15(19)11(8-13)9-20/h3-8,10,12,22H,1H2,2H3,(H,21,24)/t12-/m0/s1. The van der Waals surface area contributed by atoms with E-state index in [1.54, 1.807) is 25.3 Å². The number of rotatable bonds is 3. The van der Waals surface area contributed by atoms with Crippen molar-refractivity contribution < 1.29 is 17.6 Å². The van der Waals surface area contributed by atoms with Gasteiger partial charge in [0.1, 0.15) is 22.5 Å². The number of nitriles is 1. The molecule has 0 aliphatic carbocycles. The van der Waals surface area contributed by atoms with Crippen LogP contribution in [0.1, 0.15) is 21.6 Å². The van der Waals surface area contributed by atoms with Crippen LogP contribution in [0.5, 0.6) is 0 Å². The second kappa shape index (κ2) is 6.83. The molecule has 0 radical (unpaired) electrons. The molecule has 1 amide bonds. The molecule has 7 nitrogen and oxygen atoms in total. The Morgan fingerprint density at radius 3 is 2.89 bits per heavy atom. The van der Waals surface area contributed by atoms with Crippen molar-refractivity contribution in [1.29, 1.82) is 5.26 Å². The summed E-state index contributed by atoms with van der Waals surface area (Å²) in [5, 5.41) is 11.5. The van der Waals surface area contributed by atoms with E-state index in [0.717, 1.165) is 6.07 Å². The van der Waals surface area contributed by atoms with Gasteiger partial charge >= 0.3 is 0 Å². The lowest BCUT2D eigenvalue weighted by molar-refractivity contribution is 0.101. The molecule has 3 rings (SSSR count). The van der Waals surface area contributed by atoms with Crippen molar-refractivity contribution in [1.82, 2.24) is 9.29 Å². The quantitative estimate of drug-likeness (QED) is 0.789. The first-order chi connectivity index (χ1) is 12.8. The van der Waals surface area contributed by atoms with Gasteiger partial charge < -0.3 is 9.88 Å². The number of carbonyl (C=O) groups is 1. The number of amides is 1. The number of benzene rings is 1. The molecule has 27 heavy (non-hydrogen) atoms. The maximum atomic E-state index is 13.4. The number of fused-ring (bicyclic) bond motifs is 1. The maximum Gasteiger partial charge on any atom is 0.272 e. The van der Waals surface area contributed by atoms with E-state index in [1.165, 1.54) is 29.0 Å². The minimum atomic E-state index is -3.84. The topological polar surface area (TPSA) is 104 Å². The molecule has 138 valence electrons. The molecule has 1 atom stereocenters. The lowest BCUT2D eigenvalue weighted by Gasteiger charge is -2.08. The van der Waals surface area contributed by atoms with Gasteiger partial charge in [-0.1, -0.05) is 18.2 Å². The third-order valence-electron chi connectivity index (χ3n) is 4.05. The molecular formula is C18H15FN4O3S. The predicted octanol–water partition coefficient (Wildman–Crippen LogP) is 2.15. The fourth-order valence-corrected chi connectivity index (χ4v) is 4.17. The summed E-state index contributed by atoms with van der Waals surface area (Å²) in [5.74, 6) is -1.29. The van der Waals surface area contributed by atoms with Crippen molar-refractivity contribution in [2.24, 2.45) is 7.05 Å². The number of hydrogen-bond donors (Lipinski definition) is 2. The molecule has 0 saturated carbocycles. The van der Waals surface area contributed by atoms with Crippen LogP contribution in [-0.4, -0.2) is 24.9 Å². The fraction of sp³-hybridized carbons (Fsp3) is 0.111. The number of nitrogens with one attached hydrogen (secondary N) is 2. The van der Waals surface area contributed by atoms with Crippen LogP contribution >= 0.6 is 0 Å². The van der Waals surface area contributed by atoms with E-state index in [0.29, 0.717) is 0 Å². The first-order valence-electron chi connectivity index (χ1n) is 7.80. The van der Waals surface area contributed by atoms with Gasteiger partial charge in [0.25, 0.3) is 5.91 Å². The van der Waals surface area contributed by atoms with Crippen molar-refractivity contribution in [3.63, 3.8) is 0 Å². The van der Waals surface area contributed by atoms with E-state index in [9.17, 15) is 17.6 Å². The highest BCUT2D eigenvalue weighted by atomic mass is 32.2. The molecule has 1 aromatic carbocycles. The van der Waals surface area contributed by atoms with Crippen LogP contribution in [0.2, 0.25) is 0 Å². The number of anilines is 1. The number of aryl methyl sites for hydroxylation is 1. The van der Waals surface area contributed by atoms with Crippen LogP contribution in [0.25, 0.3) is 6.08 Å². The Kier molecular flexibility index (Phi) is 4.70. The highest BCUT2D eigenvalue weighted by Gasteiger charge is 2.29. The molecular weight excluding hydrogens is 371 g/mol. The molecule has 0 bridgehead atoms. The number of halogens is 1. The van der Waals surface area contributed by atoms with E-state index >= 15 is 0 Å². The molecule has 2 N–H and O–H groups in total. The zero-order chi connectivity index (χ0) is 19.8. The Hall–Kier alpha value is -3.22. The SMILES string of the molecule is C=C[C@H]1C=Cc2c(cn(C)c2C(=O)Nc2ccc(F)c(C#N)c2)S(=O)(=O)N1. The normalized spacial score (nSPS) is 17.4. The highest BCUT2D eigenvalue weighted by Crippen LogP contribution is 2.27. The minimum Gasteiger partial charge on any atom is -0.345 e. The molecule has 0 unspecified atom stereocenters. The summed E-state index contributed by atoms with van der Waals surface area (Å²) < 4.78 is 42.3. The smallest absolute Gasteiger partial charge is 0.272 e. The zero-order valence-electron chi connectivity index (χ0n) is 14.2. The van der Waals surface area contributed by atoms with Gasteiger partial charge in [-0.15, -0.1) is 6.58 Å². The van der Waals surface area contributed by atoms with Crippen LogP contribution < -0.4 is 10.0 Å². The Morgan fingerprint density at radius 2 is 2.22 bits per heavy atom. The van der Waals surface area contributed by atoms with Gasteiger partial charge in [0, 0.05) is 24.5 Å². The Labute approximate surface area is 155 Å². The average molecular weight is 386 g/mol. The Bertz CT molecular complexity index is 1130. The Balaban J connectivity index is 2.04. The average Bonchev–Trinajstić information content (AvgIpc) is 2.91. The third-order valence-corrected chi connectivity index (χ3v) is 5.54. The van der Waals surface area contributed by atoms with E-state index in [1.807, 2.05) is 0 Å². The van der Waals surface area contributed by atoms with E-state index in [-0.39, 0.29) is 27.4 Å². The molecule has 0 fully saturated rings. The lowest BCUT2D eigenvalue weighted by atomic mass is 10.1. The van der Waals surface area contributed by atoms with Crippen molar-refractivity contribution >= 4 is 27.7 Å². The van der Waals surface area contributed by atoms with Crippen LogP contribution in [0.15, 0.2) is 48.0 Å². The van der Waals surface area contributed by atoms with Crippen LogP contribution in [0.3, 0.4) is 0 Å². The lowest BCUT2D eigenvalue weighted by Crippen LogP contribution is -2.30. The number of sulfonamides is 1. The van der Waals surface area contributed by atoms with E-state index in [4.69, 9.17) is 5.26 Å². The van der Waals surface area contributed by atoms with Gasteiger partial charge in [0.05, 0.1) is 11.6 Å². The zero-order valence-corrected chi connectivity index (χ0v) is 15.0. The molecule has 2 heterocycles. The second-order valence-corrected chi connectivity index (χ2v) is 7.55. The van der Waals surface area contributed by atoms with Crippen molar-refractivity contribution in [2.75, 3.05) is 5.32 Å². The molecule has 1 aromatic heterocycles. The monoisotopic (exact) mass is 386 g/mol. The van der Waals surface area contributed by atoms with Gasteiger partial charge in [0.2, 0.25) is 10.0 Å². The number of hydrogen-bond acceptors (Lipinski definition) is 4. The summed E-state index contributed by atoms with van der Waals surface area (Å²) in [7, 11) is -2.30. The summed E-state index contributed by atoms with van der Waals surface area (Å²) in [6.45, 7) is 3.57. The largest absolute Gasteiger partial charge is 0.345 e. The Morgan fingerprint density at radius 1 is 1.48 bits per heavy atom. The van der Waals surface area contributed by atoms with E-state index in [2.05, 4.69) is 16.6 Å². The summed E-state index contributed by atoms with van der Waals surface area (Å²) in [6, 6.07) is 4.69. The highest BCUT2D eigenvalue weighted by molar-refractivity contribution is 7.89. The maximum absolute atomic E-state index is 13.4. The number of nitrogens with zero attached hydrogens (tertiary/aromatic N) is 2. The predicted molar refractivity (Wildman–Crippen MR) is 97.8 cm³/mol. The van der Waals surface area contributed by atoms with Gasteiger partial charge in [-0.3, -0.25) is 4.79 Å². The molecule has 1 aliphatic heterocycles. The van der Waals surface area contributed by atoms with Gasteiger partial charge in [0.15, 0.2) is 0 Å². The third kappa shape index (κ3) is 3.40. The van der Waals surface area contributed by atoms with Crippen LogP contribution in [0, 0.1) is 17.1 Å². The molecule has 2 aromatic rings. The summed E-state index contributed by atoms with van der Waals surface area (Å²) in [5.41, 5.74) is 0.350. The summed E-state index contributed by atoms with van der Waals surface area (Å²) >= 11 is 0. The molecule has 0 spiro atoms.